The van der Waals surface area contributed by atoms with Crippen LogP contribution in [0.25, 0.3) is 0 Å². The number of unbranched alkanes of at least 4 members (excludes halogenated alkanes) is 1. The van der Waals surface area contributed by atoms with Gasteiger partial charge in [-0.05, 0) is 43.9 Å². The van der Waals surface area contributed by atoms with Gasteiger partial charge in [-0.3, -0.25) is 4.99 Å². The van der Waals surface area contributed by atoms with Crippen LogP contribution in [0.2, 0.25) is 5.02 Å². The Morgan fingerprint density at radius 3 is 2.52 bits per heavy atom. The summed E-state index contributed by atoms with van der Waals surface area (Å²) in [5.74, 6) is 0.848. The maximum Gasteiger partial charge on any atom is 0.190 e. The van der Waals surface area contributed by atoms with E-state index >= 15 is 0 Å². The summed E-state index contributed by atoms with van der Waals surface area (Å²) in [6.45, 7) is 5.40. The van der Waals surface area contributed by atoms with Crippen molar-refractivity contribution in [3.8, 4) is 0 Å². The molecule has 0 saturated carbocycles. The normalized spacial score (nSPS) is 11.5. The number of guanidine groups is 1. The number of aliphatic imine (C=N–C) groups is 1. The van der Waals surface area contributed by atoms with Gasteiger partial charge in [0.2, 0.25) is 0 Å². The molecule has 0 radical (unpaired) electrons. The predicted molar refractivity (Wildman–Crippen MR) is 90.2 cm³/mol. The minimum atomic E-state index is 0.774. The SMILES string of the molecule is CCOCCCCNC(=NC)NCCc1ccc(Cl)cc1. The van der Waals surface area contributed by atoms with Crippen LogP contribution in [0.4, 0.5) is 0 Å². The highest BCUT2D eigenvalue weighted by atomic mass is 35.5. The Morgan fingerprint density at radius 2 is 1.86 bits per heavy atom. The summed E-state index contributed by atoms with van der Waals surface area (Å²) >= 11 is 5.87. The fraction of sp³-hybridized carbons (Fsp3) is 0.562. The minimum Gasteiger partial charge on any atom is -0.382 e. The first-order valence-corrected chi connectivity index (χ1v) is 7.90. The molecule has 1 aromatic rings. The first kappa shape index (κ1) is 17.8. The molecule has 0 aliphatic rings. The van der Waals surface area contributed by atoms with Crippen LogP contribution in [0.1, 0.15) is 25.3 Å². The van der Waals surface area contributed by atoms with Gasteiger partial charge in [-0.1, -0.05) is 23.7 Å². The molecule has 118 valence electrons. The molecule has 0 aliphatic heterocycles. The highest BCUT2D eigenvalue weighted by Gasteiger charge is 1.98. The van der Waals surface area contributed by atoms with Gasteiger partial charge in [-0.25, -0.2) is 0 Å². The molecule has 5 heteroatoms. The maximum atomic E-state index is 5.87. The van der Waals surface area contributed by atoms with Crippen molar-refractivity contribution in [3.63, 3.8) is 0 Å². The van der Waals surface area contributed by atoms with Crippen LogP contribution < -0.4 is 10.6 Å². The third-order valence-corrected chi connectivity index (χ3v) is 3.31. The van der Waals surface area contributed by atoms with Gasteiger partial charge in [0.25, 0.3) is 0 Å². The van der Waals surface area contributed by atoms with Crippen LogP contribution in [0.5, 0.6) is 0 Å². The summed E-state index contributed by atoms with van der Waals surface area (Å²) in [6, 6.07) is 7.94. The number of nitrogens with one attached hydrogen (secondary N) is 2. The number of benzene rings is 1. The number of nitrogens with zero attached hydrogens (tertiary/aromatic N) is 1. The second-order valence-corrected chi connectivity index (χ2v) is 5.14. The molecule has 0 bridgehead atoms. The molecular weight excluding hydrogens is 286 g/mol. The van der Waals surface area contributed by atoms with E-state index in [9.17, 15) is 0 Å². The molecule has 4 nitrogen and oxygen atoms in total. The molecule has 0 atom stereocenters. The van der Waals surface area contributed by atoms with E-state index in [2.05, 4.69) is 15.6 Å². The van der Waals surface area contributed by atoms with Crippen molar-refractivity contribution < 1.29 is 4.74 Å². The zero-order valence-corrected chi connectivity index (χ0v) is 13.7. The summed E-state index contributed by atoms with van der Waals surface area (Å²) in [6.07, 6.45) is 3.10. The topological polar surface area (TPSA) is 45.6 Å². The standard InChI is InChI=1S/C16H26ClN3O/c1-3-21-13-5-4-11-19-16(18-2)20-12-10-14-6-8-15(17)9-7-14/h6-9H,3-5,10-13H2,1-2H3,(H2,18,19,20). The average molecular weight is 312 g/mol. The lowest BCUT2D eigenvalue weighted by Crippen LogP contribution is -2.38. The zero-order valence-electron chi connectivity index (χ0n) is 13.0. The summed E-state index contributed by atoms with van der Waals surface area (Å²) in [7, 11) is 1.79. The number of rotatable bonds is 9. The van der Waals surface area contributed by atoms with Gasteiger partial charge in [-0.15, -0.1) is 0 Å². The van der Waals surface area contributed by atoms with Crippen molar-refractivity contribution in [1.29, 1.82) is 0 Å². The van der Waals surface area contributed by atoms with Crippen molar-refractivity contribution >= 4 is 17.6 Å². The number of ether oxygens (including phenoxy) is 1. The largest absolute Gasteiger partial charge is 0.382 e. The van der Waals surface area contributed by atoms with E-state index in [4.69, 9.17) is 16.3 Å². The number of halogens is 1. The molecule has 0 unspecified atom stereocenters. The average Bonchev–Trinajstić information content (AvgIpc) is 2.50. The van der Waals surface area contributed by atoms with Gasteiger partial charge in [0.1, 0.15) is 0 Å². The Balaban J connectivity index is 2.12. The first-order chi connectivity index (χ1) is 10.3. The predicted octanol–water partition coefficient (Wildman–Crippen LogP) is 2.86. The van der Waals surface area contributed by atoms with Crippen molar-refractivity contribution in [3.05, 3.63) is 34.9 Å². The molecular formula is C16H26ClN3O. The minimum absolute atomic E-state index is 0.774. The van der Waals surface area contributed by atoms with Crippen molar-refractivity contribution in [2.75, 3.05) is 33.4 Å². The van der Waals surface area contributed by atoms with Crippen LogP contribution in [-0.4, -0.2) is 39.3 Å². The van der Waals surface area contributed by atoms with Gasteiger partial charge in [0.05, 0.1) is 0 Å². The second-order valence-electron chi connectivity index (χ2n) is 4.71. The third-order valence-electron chi connectivity index (χ3n) is 3.06. The van der Waals surface area contributed by atoms with Gasteiger partial charge < -0.3 is 15.4 Å². The quantitative estimate of drug-likeness (QED) is 0.419. The zero-order chi connectivity index (χ0) is 15.3. The van der Waals surface area contributed by atoms with E-state index in [0.717, 1.165) is 56.5 Å². The Hall–Kier alpha value is -1.26. The summed E-state index contributed by atoms with van der Waals surface area (Å²) in [5.41, 5.74) is 1.26. The molecule has 0 amide bonds. The Morgan fingerprint density at radius 1 is 1.14 bits per heavy atom. The number of hydrogen-bond acceptors (Lipinski definition) is 2. The van der Waals surface area contributed by atoms with Crippen molar-refractivity contribution in [2.24, 2.45) is 4.99 Å². The molecule has 0 spiro atoms. The Bertz CT molecular complexity index is 406. The van der Waals surface area contributed by atoms with Crippen LogP contribution in [-0.2, 0) is 11.2 Å². The molecule has 1 aromatic carbocycles. The Kier molecular flexibility index (Phi) is 9.66. The lowest BCUT2D eigenvalue weighted by molar-refractivity contribution is 0.143. The highest BCUT2D eigenvalue weighted by molar-refractivity contribution is 6.30. The van der Waals surface area contributed by atoms with E-state index < -0.39 is 0 Å². The lowest BCUT2D eigenvalue weighted by atomic mass is 10.1. The molecule has 1 rings (SSSR count). The summed E-state index contributed by atoms with van der Waals surface area (Å²) in [5, 5.41) is 7.39. The van der Waals surface area contributed by atoms with Crippen LogP contribution in [0.3, 0.4) is 0 Å². The molecule has 0 heterocycles. The fourth-order valence-corrected chi connectivity index (χ4v) is 2.00. The van der Waals surface area contributed by atoms with Crippen molar-refractivity contribution in [2.45, 2.75) is 26.2 Å². The van der Waals surface area contributed by atoms with Gasteiger partial charge in [0, 0.05) is 38.4 Å². The summed E-state index contributed by atoms with van der Waals surface area (Å²) in [4.78, 5) is 4.21. The van der Waals surface area contributed by atoms with E-state index in [-0.39, 0.29) is 0 Å². The van der Waals surface area contributed by atoms with E-state index in [1.54, 1.807) is 7.05 Å². The van der Waals surface area contributed by atoms with E-state index in [1.165, 1.54) is 5.56 Å². The van der Waals surface area contributed by atoms with Crippen LogP contribution in [0.15, 0.2) is 29.3 Å². The van der Waals surface area contributed by atoms with Gasteiger partial charge in [-0.2, -0.15) is 0 Å². The monoisotopic (exact) mass is 311 g/mol. The molecule has 0 aliphatic carbocycles. The third kappa shape index (κ3) is 8.58. The lowest BCUT2D eigenvalue weighted by Gasteiger charge is -2.12. The molecule has 21 heavy (non-hydrogen) atoms. The van der Waals surface area contributed by atoms with Crippen LogP contribution in [0, 0.1) is 0 Å². The van der Waals surface area contributed by atoms with E-state index in [1.807, 2.05) is 31.2 Å². The molecule has 0 aromatic heterocycles. The molecule has 2 N–H and O–H groups in total. The molecule has 0 fully saturated rings. The fourth-order valence-electron chi connectivity index (χ4n) is 1.88. The summed E-state index contributed by atoms with van der Waals surface area (Å²) < 4.78 is 5.31. The van der Waals surface area contributed by atoms with Crippen molar-refractivity contribution in [1.82, 2.24) is 10.6 Å². The molecule has 0 saturated heterocycles. The first-order valence-electron chi connectivity index (χ1n) is 7.53. The van der Waals surface area contributed by atoms with Crippen LogP contribution >= 0.6 is 11.6 Å². The van der Waals surface area contributed by atoms with Gasteiger partial charge in [0.15, 0.2) is 5.96 Å². The highest BCUT2D eigenvalue weighted by Crippen LogP contribution is 2.09. The second kappa shape index (κ2) is 11.4. The number of hydrogen-bond donors (Lipinski definition) is 2. The maximum absolute atomic E-state index is 5.87. The van der Waals surface area contributed by atoms with Gasteiger partial charge >= 0.3 is 0 Å². The smallest absolute Gasteiger partial charge is 0.190 e. The Labute approximate surface area is 132 Å². The van der Waals surface area contributed by atoms with E-state index in [0.29, 0.717) is 0 Å².